The Morgan fingerprint density at radius 3 is 2.43 bits per heavy atom. The van der Waals surface area contributed by atoms with Crippen molar-refractivity contribution in [1.29, 1.82) is 0 Å². The van der Waals surface area contributed by atoms with Gasteiger partial charge in [0, 0.05) is 17.0 Å². The summed E-state index contributed by atoms with van der Waals surface area (Å²) in [6, 6.07) is 18.7. The van der Waals surface area contributed by atoms with E-state index in [1.807, 2.05) is 37.3 Å². The van der Waals surface area contributed by atoms with Gasteiger partial charge in [0.05, 0.1) is 0 Å². The third-order valence-corrected chi connectivity index (χ3v) is 3.25. The lowest BCUT2D eigenvalue weighted by atomic mass is 10.0. The van der Waals surface area contributed by atoms with Crippen LogP contribution in [-0.2, 0) is 0 Å². The molecule has 1 nitrogen and oxygen atoms in total. The van der Waals surface area contributed by atoms with Gasteiger partial charge in [0.15, 0.2) is 0 Å². The summed E-state index contributed by atoms with van der Waals surface area (Å²) in [6.45, 7) is 7.97. The molecule has 0 bridgehead atoms. The van der Waals surface area contributed by atoms with Crippen LogP contribution >= 0.6 is 0 Å². The van der Waals surface area contributed by atoms with Crippen molar-refractivity contribution in [3.05, 3.63) is 96.2 Å². The second-order valence-corrected chi connectivity index (χ2v) is 4.88. The molecule has 2 aromatic carbocycles. The molecule has 0 aliphatic carbocycles. The molecule has 106 valence electrons. The maximum atomic E-state index is 3.83. The second kappa shape index (κ2) is 7.30. The Morgan fingerprint density at radius 1 is 1.05 bits per heavy atom. The Bertz CT molecular complexity index is 663. The molecule has 0 saturated heterocycles. The van der Waals surface area contributed by atoms with Crippen LogP contribution in [0.3, 0.4) is 0 Å². The first-order chi connectivity index (χ1) is 10.2. The van der Waals surface area contributed by atoms with Crippen molar-refractivity contribution >= 4 is 11.3 Å². The Kier molecular flexibility index (Phi) is 5.16. The minimum Gasteiger partial charge on any atom is -0.355 e. The molecule has 0 atom stereocenters. The highest BCUT2D eigenvalue weighted by atomic mass is 14.9. The predicted molar refractivity (Wildman–Crippen MR) is 93.2 cm³/mol. The van der Waals surface area contributed by atoms with Crippen LogP contribution in [0, 0.1) is 6.92 Å². The fraction of sp³-hybridized carbons (Fsp3) is 0.100. The lowest BCUT2D eigenvalue weighted by Gasteiger charge is -2.15. The first-order valence-corrected chi connectivity index (χ1v) is 7.13. The first-order valence-electron chi connectivity index (χ1n) is 7.13. The van der Waals surface area contributed by atoms with E-state index in [0.29, 0.717) is 0 Å². The molecule has 1 N–H and O–H groups in total. The van der Waals surface area contributed by atoms with Crippen molar-refractivity contribution in [3.8, 4) is 0 Å². The van der Waals surface area contributed by atoms with E-state index < -0.39 is 0 Å². The van der Waals surface area contributed by atoms with Gasteiger partial charge in [-0.25, -0.2) is 0 Å². The largest absolute Gasteiger partial charge is 0.355 e. The molecule has 0 fully saturated rings. The van der Waals surface area contributed by atoms with Gasteiger partial charge in [-0.1, -0.05) is 67.3 Å². The van der Waals surface area contributed by atoms with Gasteiger partial charge in [-0.2, -0.15) is 0 Å². The maximum Gasteiger partial charge on any atom is 0.0420 e. The Labute approximate surface area is 127 Å². The van der Waals surface area contributed by atoms with Gasteiger partial charge in [0.25, 0.3) is 0 Å². The van der Waals surface area contributed by atoms with E-state index in [1.54, 1.807) is 0 Å². The number of benzene rings is 2. The molecule has 0 spiro atoms. The van der Waals surface area contributed by atoms with Crippen LogP contribution in [0.4, 0.5) is 5.69 Å². The van der Waals surface area contributed by atoms with Crippen LogP contribution in [0.2, 0.25) is 0 Å². The van der Waals surface area contributed by atoms with Crippen LogP contribution in [0.1, 0.15) is 18.1 Å². The summed E-state index contributed by atoms with van der Waals surface area (Å²) in [5.74, 6) is 0. The van der Waals surface area contributed by atoms with E-state index in [9.17, 15) is 0 Å². The Balaban J connectivity index is 2.34. The summed E-state index contributed by atoms with van der Waals surface area (Å²) >= 11 is 0. The first kappa shape index (κ1) is 14.9. The topological polar surface area (TPSA) is 12.0 Å². The molecule has 0 unspecified atom stereocenters. The van der Waals surface area contributed by atoms with Crippen molar-refractivity contribution < 1.29 is 0 Å². The molecule has 0 radical (unpaired) electrons. The monoisotopic (exact) mass is 275 g/mol. The summed E-state index contributed by atoms with van der Waals surface area (Å²) in [6.07, 6.45) is 5.95. The summed E-state index contributed by atoms with van der Waals surface area (Å²) in [5, 5.41) is 3.50. The number of aryl methyl sites for hydroxylation is 1. The average Bonchev–Trinajstić information content (AvgIpc) is 2.51. The second-order valence-electron chi connectivity index (χ2n) is 4.88. The van der Waals surface area contributed by atoms with Gasteiger partial charge in [-0.05, 0) is 37.1 Å². The quantitative estimate of drug-likeness (QED) is 0.702. The molecular weight excluding hydrogens is 254 g/mol. The molecule has 0 aliphatic heterocycles. The van der Waals surface area contributed by atoms with E-state index in [0.717, 1.165) is 17.0 Å². The van der Waals surface area contributed by atoms with Gasteiger partial charge in [-0.3, -0.25) is 0 Å². The highest BCUT2D eigenvalue weighted by Gasteiger charge is 2.07. The van der Waals surface area contributed by atoms with Crippen molar-refractivity contribution in [1.82, 2.24) is 0 Å². The summed E-state index contributed by atoms with van der Waals surface area (Å²) < 4.78 is 0. The predicted octanol–water partition coefficient (Wildman–Crippen LogP) is 5.58. The van der Waals surface area contributed by atoms with Crippen LogP contribution in [0.5, 0.6) is 0 Å². The van der Waals surface area contributed by atoms with Gasteiger partial charge in [-0.15, -0.1) is 0 Å². The fourth-order valence-electron chi connectivity index (χ4n) is 2.25. The van der Waals surface area contributed by atoms with Crippen LogP contribution in [-0.4, -0.2) is 0 Å². The molecule has 2 rings (SSSR count). The van der Waals surface area contributed by atoms with Crippen molar-refractivity contribution in [2.75, 3.05) is 5.32 Å². The van der Waals surface area contributed by atoms with Gasteiger partial charge < -0.3 is 5.32 Å². The highest BCUT2D eigenvalue weighted by molar-refractivity contribution is 5.83. The fourth-order valence-corrected chi connectivity index (χ4v) is 2.25. The average molecular weight is 275 g/mol. The van der Waals surface area contributed by atoms with Gasteiger partial charge in [0.1, 0.15) is 0 Å². The lowest BCUT2D eigenvalue weighted by Crippen LogP contribution is -2.02. The van der Waals surface area contributed by atoms with Gasteiger partial charge >= 0.3 is 0 Å². The van der Waals surface area contributed by atoms with E-state index in [2.05, 4.69) is 61.3 Å². The minimum absolute atomic E-state index is 1.08. The number of anilines is 1. The third kappa shape index (κ3) is 3.96. The molecule has 0 saturated carbocycles. The molecule has 0 heterocycles. The van der Waals surface area contributed by atoms with Crippen LogP contribution in [0.25, 0.3) is 5.57 Å². The van der Waals surface area contributed by atoms with Crippen molar-refractivity contribution in [2.45, 2.75) is 13.8 Å². The summed E-state index contributed by atoms with van der Waals surface area (Å²) in [4.78, 5) is 0. The molecule has 21 heavy (non-hydrogen) atoms. The van der Waals surface area contributed by atoms with Crippen molar-refractivity contribution in [3.63, 3.8) is 0 Å². The van der Waals surface area contributed by atoms with E-state index >= 15 is 0 Å². The zero-order valence-electron chi connectivity index (χ0n) is 12.6. The van der Waals surface area contributed by atoms with E-state index in [-0.39, 0.29) is 0 Å². The Hall–Kier alpha value is -2.54. The normalized spacial score (nSPS) is 12.1. The summed E-state index contributed by atoms with van der Waals surface area (Å²) in [7, 11) is 0. The lowest BCUT2D eigenvalue weighted by molar-refractivity contribution is 1.40. The molecule has 1 heteroatoms. The summed E-state index contributed by atoms with van der Waals surface area (Å²) in [5.41, 5.74) is 5.71. The molecule has 2 aromatic rings. The smallest absolute Gasteiger partial charge is 0.0420 e. The van der Waals surface area contributed by atoms with Crippen molar-refractivity contribution in [2.24, 2.45) is 0 Å². The molecular formula is C20H21N. The zero-order valence-corrected chi connectivity index (χ0v) is 12.6. The van der Waals surface area contributed by atoms with Gasteiger partial charge in [0.2, 0.25) is 0 Å². The maximum absolute atomic E-state index is 3.83. The molecule has 0 aromatic heterocycles. The minimum atomic E-state index is 1.08. The van der Waals surface area contributed by atoms with E-state index in [1.165, 1.54) is 11.1 Å². The number of hydrogen-bond acceptors (Lipinski definition) is 1. The highest BCUT2D eigenvalue weighted by Crippen LogP contribution is 2.25. The van der Waals surface area contributed by atoms with Crippen LogP contribution < -0.4 is 5.32 Å². The molecule has 0 amide bonds. The van der Waals surface area contributed by atoms with Crippen LogP contribution in [0.15, 0.2) is 85.1 Å². The standard InChI is InChI=1S/C20H21N/c1-4-10-19(17-12-7-6-8-13-17)20(5-2)21-18-14-9-11-16(3)15-18/h4-15,21H,1H2,2-3H3/b19-10-,20-5+. The number of hydrogen-bond donors (Lipinski definition) is 1. The van der Waals surface area contributed by atoms with E-state index in [4.69, 9.17) is 0 Å². The molecule has 0 aliphatic rings. The number of rotatable bonds is 5. The Morgan fingerprint density at radius 2 is 1.81 bits per heavy atom. The number of allylic oxidation sites excluding steroid dienone is 4. The zero-order chi connectivity index (χ0) is 15.1. The number of nitrogens with one attached hydrogen (secondary N) is 1. The SMILES string of the molecule is C=C/C=C(\C(=C/C)Nc1cccc(C)c1)c1ccccc1. The third-order valence-electron chi connectivity index (χ3n) is 3.25.